The van der Waals surface area contributed by atoms with E-state index in [-0.39, 0.29) is 36.3 Å². The molecule has 6 heteroatoms. The van der Waals surface area contributed by atoms with Crippen molar-refractivity contribution >= 4 is 11.8 Å². The highest BCUT2D eigenvalue weighted by Crippen LogP contribution is 2.21. The number of hydrogen-bond donors (Lipinski definition) is 3. The lowest BCUT2D eigenvalue weighted by atomic mass is 10.00. The molecule has 6 nitrogen and oxygen atoms in total. The van der Waals surface area contributed by atoms with Gasteiger partial charge in [0.1, 0.15) is 11.8 Å². The van der Waals surface area contributed by atoms with Crippen molar-refractivity contribution in [1.82, 2.24) is 10.2 Å². The molecule has 0 aliphatic carbocycles. The summed E-state index contributed by atoms with van der Waals surface area (Å²) in [5.74, 6) is -0.977. The monoisotopic (exact) mass is 336 g/mol. The van der Waals surface area contributed by atoms with Crippen LogP contribution in [0.15, 0.2) is 24.3 Å². The molecule has 1 atom stereocenters. The zero-order valence-corrected chi connectivity index (χ0v) is 14.7. The van der Waals surface area contributed by atoms with Crippen LogP contribution in [-0.4, -0.2) is 52.7 Å². The van der Waals surface area contributed by atoms with Crippen molar-refractivity contribution in [2.24, 2.45) is 5.92 Å². The van der Waals surface area contributed by atoms with Crippen LogP contribution in [0.5, 0.6) is 5.75 Å². The minimum Gasteiger partial charge on any atom is -0.507 e. The highest BCUT2D eigenvalue weighted by Gasteiger charge is 2.33. The number of carbonyl (C=O) groups is 2. The van der Waals surface area contributed by atoms with Gasteiger partial charge in [-0.2, -0.15) is 0 Å². The van der Waals surface area contributed by atoms with Crippen molar-refractivity contribution in [2.75, 3.05) is 19.7 Å². The topological polar surface area (TPSA) is 89.9 Å². The van der Waals surface area contributed by atoms with E-state index in [1.165, 1.54) is 17.0 Å². The molecular formula is C18H28N2O4. The molecule has 0 aliphatic rings. The van der Waals surface area contributed by atoms with E-state index in [9.17, 15) is 19.8 Å². The fourth-order valence-corrected chi connectivity index (χ4v) is 2.58. The maximum absolute atomic E-state index is 12.8. The van der Waals surface area contributed by atoms with Crippen LogP contribution in [0.3, 0.4) is 0 Å². The van der Waals surface area contributed by atoms with Gasteiger partial charge in [-0.3, -0.25) is 9.59 Å². The largest absolute Gasteiger partial charge is 0.507 e. The van der Waals surface area contributed by atoms with Gasteiger partial charge in [-0.05, 0) is 24.5 Å². The Morgan fingerprint density at radius 3 is 2.46 bits per heavy atom. The number of carbonyl (C=O) groups excluding carboxylic acids is 2. The molecule has 0 saturated heterocycles. The molecule has 0 saturated carbocycles. The Morgan fingerprint density at radius 1 is 1.25 bits per heavy atom. The van der Waals surface area contributed by atoms with Crippen molar-refractivity contribution < 1.29 is 19.8 Å². The molecule has 2 amide bonds. The van der Waals surface area contributed by atoms with E-state index in [4.69, 9.17) is 0 Å². The molecule has 24 heavy (non-hydrogen) atoms. The average Bonchev–Trinajstić information content (AvgIpc) is 2.54. The van der Waals surface area contributed by atoms with Gasteiger partial charge in [-0.25, -0.2) is 0 Å². The molecule has 0 radical (unpaired) electrons. The summed E-state index contributed by atoms with van der Waals surface area (Å²) in [6.07, 6.45) is 1.83. The second-order valence-electron chi connectivity index (χ2n) is 6.07. The van der Waals surface area contributed by atoms with Crippen LogP contribution >= 0.6 is 0 Å². The average molecular weight is 336 g/mol. The van der Waals surface area contributed by atoms with E-state index in [1.54, 1.807) is 12.1 Å². The van der Waals surface area contributed by atoms with Crippen molar-refractivity contribution in [3.05, 3.63) is 29.8 Å². The molecular weight excluding hydrogens is 308 g/mol. The maximum atomic E-state index is 12.8. The lowest BCUT2D eigenvalue weighted by Gasteiger charge is -2.33. The number of para-hydroxylation sites is 1. The summed E-state index contributed by atoms with van der Waals surface area (Å²) >= 11 is 0. The molecule has 1 unspecified atom stereocenters. The fourth-order valence-electron chi connectivity index (χ4n) is 2.58. The lowest BCUT2D eigenvalue weighted by Crippen LogP contribution is -2.53. The van der Waals surface area contributed by atoms with Crippen LogP contribution in [0, 0.1) is 5.92 Å². The van der Waals surface area contributed by atoms with Gasteiger partial charge in [0.25, 0.3) is 5.91 Å². The van der Waals surface area contributed by atoms with Gasteiger partial charge in [-0.1, -0.05) is 39.3 Å². The highest BCUT2D eigenvalue weighted by atomic mass is 16.3. The first-order valence-electron chi connectivity index (χ1n) is 8.41. The first-order valence-corrected chi connectivity index (χ1v) is 8.41. The van der Waals surface area contributed by atoms with Gasteiger partial charge < -0.3 is 20.4 Å². The van der Waals surface area contributed by atoms with Crippen LogP contribution in [0.25, 0.3) is 0 Å². The Bertz CT molecular complexity index is 546. The number of benzene rings is 1. The minimum atomic E-state index is -0.707. The van der Waals surface area contributed by atoms with Crippen LogP contribution in [-0.2, 0) is 4.79 Å². The Morgan fingerprint density at radius 2 is 1.92 bits per heavy atom. The molecule has 0 bridgehead atoms. The smallest absolute Gasteiger partial charge is 0.258 e. The summed E-state index contributed by atoms with van der Waals surface area (Å²) in [4.78, 5) is 26.7. The van der Waals surface area contributed by atoms with E-state index in [0.717, 1.165) is 12.8 Å². The van der Waals surface area contributed by atoms with Crippen molar-refractivity contribution in [2.45, 2.75) is 39.7 Å². The standard InChI is InChI=1S/C18H28N2O4/c1-4-5-10-19-17(23)16(13(2)3)20(11-12-21)18(24)14-8-6-7-9-15(14)22/h6-9,13,16,21-22H,4-5,10-12H2,1-3H3,(H,19,23). The number of aliphatic hydroxyl groups excluding tert-OH is 1. The molecule has 0 fully saturated rings. The zero-order valence-electron chi connectivity index (χ0n) is 14.7. The number of amides is 2. The van der Waals surface area contributed by atoms with E-state index in [2.05, 4.69) is 5.32 Å². The summed E-state index contributed by atoms with van der Waals surface area (Å²) in [6.45, 7) is 6.06. The Labute approximate surface area is 143 Å². The fraction of sp³-hybridized carbons (Fsp3) is 0.556. The van der Waals surface area contributed by atoms with Crippen molar-refractivity contribution in [3.8, 4) is 5.75 Å². The number of phenolic OH excluding ortho intramolecular Hbond substituents is 1. The molecule has 0 heterocycles. The third-order valence-electron chi connectivity index (χ3n) is 3.80. The van der Waals surface area contributed by atoms with Crippen LogP contribution < -0.4 is 5.32 Å². The van der Waals surface area contributed by atoms with Crippen LogP contribution in [0.2, 0.25) is 0 Å². The summed E-state index contributed by atoms with van der Waals surface area (Å²) in [6, 6.07) is 5.50. The number of aromatic hydroxyl groups is 1. The molecule has 134 valence electrons. The Kier molecular flexibility index (Phi) is 8.26. The lowest BCUT2D eigenvalue weighted by molar-refractivity contribution is -0.127. The van der Waals surface area contributed by atoms with E-state index in [1.807, 2.05) is 20.8 Å². The van der Waals surface area contributed by atoms with Gasteiger partial charge in [0.15, 0.2) is 0 Å². The predicted octanol–water partition coefficient (Wildman–Crippen LogP) is 1.77. The Hall–Kier alpha value is -2.08. The third-order valence-corrected chi connectivity index (χ3v) is 3.80. The van der Waals surface area contributed by atoms with Gasteiger partial charge in [0.2, 0.25) is 5.91 Å². The highest BCUT2D eigenvalue weighted by molar-refractivity contribution is 5.99. The molecule has 3 N–H and O–H groups in total. The molecule has 0 spiro atoms. The van der Waals surface area contributed by atoms with Gasteiger partial charge in [0, 0.05) is 13.1 Å². The molecule has 0 aliphatic heterocycles. The first kappa shape index (κ1) is 20.0. The quantitative estimate of drug-likeness (QED) is 0.600. The number of phenols is 1. The van der Waals surface area contributed by atoms with Gasteiger partial charge in [-0.15, -0.1) is 0 Å². The van der Waals surface area contributed by atoms with E-state index < -0.39 is 11.9 Å². The second kappa shape index (κ2) is 9.93. The summed E-state index contributed by atoms with van der Waals surface area (Å²) in [7, 11) is 0. The summed E-state index contributed by atoms with van der Waals surface area (Å²) in [5.41, 5.74) is 0.123. The van der Waals surface area contributed by atoms with E-state index >= 15 is 0 Å². The van der Waals surface area contributed by atoms with Crippen LogP contribution in [0.4, 0.5) is 0 Å². The molecule has 1 aromatic rings. The Balaban J connectivity index is 3.06. The normalized spacial score (nSPS) is 12.0. The second-order valence-corrected chi connectivity index (χ2v) is 6.07. The number of nitrogens with zero attached hydrogens (tertiary/aromatic N) is 1. The number of nitrogens with one attached hydrogen (secondary N) is 1. The maximum Gasteiger partial charge on any atom is 0.258 e. The zero-order chi connectivity index (χ0) is 18.1. The summed E-state index contributed by atoms with van der Waals surface area (Å²) < 4.78 is 0. The third kappa shape index (κ3) is 5.23. The van der Waals surface area contributed by atoms with Crippen molar-refractivity contribution in [3.63, 3.8) is 0 Å². The van der Waals surface area contributed by atoms with E-state index in [0.29, 0.717) is 6.54 Å². The molecule has 1 rings (SSSR count). The number of hydrogen-bond acceptors (Lipinski definition) is 4. The first-order chi connectivity index (χ1) is 11.4. The SMILES string of the molecule is CCCCNC(=O)C(C(C)C)N(CCO)C(=O)c1ccccc1O. The van der Waals surface area contributed by atoms with Gasteiger partial charge >= 0.3 is 0 Å². The number of rotatable bonds is 9. The molecule has 1 aromatic carbocycles. The van der Waals surface area contributed by atoms with Crippen LogP contribution in [0.1, 0.15) is 44.0 Å². The predicted molar refractivity (Wildman–Crippen MR) is 92.8 cm³/mol. The number of unbranched alkanes of at least 4 members (excludes halogenated alkanes) is 1. The summed E-state index contributed by atoms with van der Waals surface area (Å²) in [5, 5.41) is 22.1. The van der Waals surface area contributed by atoms with Gasteiger partial charge in [0.05, 0.1) is 12.2 Å². The molecule has 0 aromatic heterocycles. The van der Waals surface area contributed by atoms with Crippen molar-refractivity contribution in [1.29, 1.82) is 0 Å². The number of aliphatic hydroxyl groups is 1. The minimum absolute atomic E-state index is 0.0250.